The summed E-state index contributed by atoms with van der Waals surface area (Å²) in [5.74, 6) is 0. The van der Waals surface area contributed by atoms with Crippen molar-refractivity contribution in [3.63, 3.8) is 0 Å². The van der Waals surface area contributed by atoms with Crippen LogP contribution in [-0.4, -0.2) is 31.3 Å². The molecule has 1 aromatic carbocycles. The Balaban J connectivity index is 1.98. The average Bonchev–Trinajstić information content (AvgIpc) is 2.81. The van der Waals surface area contributed by atoms with Gasteiger partial charge in [-0.15, -0.1) is 11.3 Å². The van der Waals surface area contributed by atoms with Crippen molar-refractivity contribution >= 4 is 21.6 Å². The summed E-state index contributed by atoms with van der Waals surface area (Å²) in [4.78, 5) is 4.71. The molecule has 104 valence electrons. The fourth-order valence-corrected chi connectivity index (χ4v) is 3.30. The Morgan fingerprint density at radius 1 is 1.37 bits per heavy atom. The van der Waals surface area contributed by atoms with Gasteiger partial charge in [0.2, 0.25) is 0 Å². The lowest BCUT2D eigenvalue weighted by atomic mass is 10.1. The SMILES string of the molecule is CCNC(CCCOC)Cc1nc2ccccc2s1. The maximum atomic E-state index is 5.13. The van der Waals surface area contributed by atoms with Gasteiger partial charge in [-0.2, -0.15) is 0 Å². The highest BCUT2D eigenvalue weighted by molar-refractivity contribution is 7.18. The predicted molar refractivity (Wildman–Crippen MR) is 81.9 cm³/mol. The molecule has 0 spiro atoms. The Hall–Kier alpha value is -0.970. The minimum absolute atomic E-state index is 0.501. The third kappa shape index (κ3) is 4.27. The van der Waals surface area contributed by atoms with Crippen molar-refractivity contribution in [3.05, 3.63) is 29.3 Å². The molecule has 1 atom stereocenters. The molecule has 0 saturated heterocycles. The van der Waals surface area contributed by atoms with Gasteiger partial charge >= 0.3 is 0 Å². The van der Waals surface area contributed by atoms with Crippen molar-refractivity contribution in [3.8, 4) is 0 Å². The van der Waals surface area contributed by atoms with Gasteiger partial charge in [-0.05, 0) is 31.5 Å². The molecule has 0 radical (unpaired) electrons. The molecule has 0 amide bonds. The number of nitrogens with one attached hydrogen (secondary N) is 1. The Kier molecular flexibility index (Phi) is 5.76. The second-order valence-electron chi connectivity index (χ2n) is 4.67. The van der Waals surface area contributed by atoms with E-state index in [4.69, 9.17) is 9.72 Å². The van der Waals surface area contributed by atoms with E-state index in [1.54, 1.807) is 7.11 Å². The molecule has 0 fully saturated rings. The van der Waals surface area contributed by atoms with Crippen LogP contribution in [-0.2, 0) is 11.2 Å². The van der Waals surface area contributed by atoms with E-state index in [9.17, 15) is 0 Å². The molecular weight excluding hydrogens is 256 g/mol. The lowest BCUT2D eigenvalue weighted by Crippen LogP contribution is -2.31. The molecular formula is C15H22N2OS. The minimum atomic E-state index is 0.501. The number of likely N-dealkylation sites (N-methyl/N-ethyl adjacent to an activating group) is 1. The van der Waals surface area contributed by atoms with E-state index in [-0.39, 0.29) is 0 Å². The first-order valence-corrected chi connectivity index (χ1v) is 7.72. The maximum Gasteiger partial charge on any atom is 0.0954 e. The quantitative estimate of drug-likeness (QED) is 0.753. The van der Waals surface area contributed by atoms with Crippen molar-refractivity contribution < 1.29 is 4.74 Å². The highest BCUT2D eigenvalue weighted by Gasteiger charge is 2.11. The van der Waals surface area contributed by atoms with Crippen LogP contribution in [0.25, 0.3) is 10.2 Å². The third-order valence-corrected chi connectivity index (χ3v) is 4.21. The summed E-state index contributed by atoms with van der Waals surface area (Å²) in [6, 6.07) is 8.85. The fourth-order valence-electron chi connectivity index (χ4n) is 2.26. The summed E-state index contributed by atoms with van der Waals surface area (Å²) < 4.78 is 6.41. The van der Waals surface area contributed by atoms with Gasteiger partial charge in [0.1, 0.15) is 0 Å². The van der Waals surface area contributed by atoms with Gasteiger partial charge < -0.3 is 10.1 Å². The molecule has 4 heteroatoms. The number of ether oxygens (including phenoxy) is 1. The number of rotatable bonds is 8. The van der Waals surface area contributed by atoms with Gasteiger partial charge in [0.15, 0.2) is 0 Å². The first-order chi connectivity index (χ1) is 9.33. The number of hydrogen-bond donors (Lipinski definition) is 1. The molecule has 1 heterocycles. The lowest BCUT2D eigenvalue weighted by molar-refractivity contribution is 0.188. The summed E-state index contributed by atoms with van der Waals surface area (Å²) in [7, 11) is 1.76. The molecule has 0 saturated carbocycles. The number of thiazole rings is 1. The number of aromatic nitrogens is 1. The van der Waals surface area contributed by atoms with Gasteiger partial charge in [0.05, 0.1) is 15.2 Å². The van der Waals surface area contributed by atoms with Crippen LogP contribution in [0.3, 0.4) is 0 Å². The first-order valence-electron chi connectivity index (χ1n) is 6.90. The predicted octanol–water partition coefficient (Wildman–Crippen LogP) is 3.24. The molecule has 0 bridgehead atoms. The van der Waals surface area contributed by atoms with Crippen molar-refractivity contribution in [1.29, 1.82) is 0 Å². The second kappa shape index (κ2) is 7.58. The van der Waals surface area contributed by atoms with Crippen molar-refractivity contribution in [1.82, 2.24) is 10.3 Å². The maximum absolute atomic E-state index is 5.13. The zero-order valence-corrected chi connectivity index (χ0v) is 12.5. The van der Waals surface area contributed by atoms with E-state index in [1.807, 2.05) is 17.4 Å². The summed E-state index contributed by atoms with van der Waals surface area (Å²) in [6.07, 6.45) is 3.24. The van der Waals surface area contributed by atoms with E-state index >= 15 is 0 Å². The van der Waals surface area contributed by atoms with Gasteiger partial charge in [0.25, 0.3) is 0 Å². The number of para-hydroxylation sites is 1. The third-order valence-electron chi connectivity index (χ3n) is 3.15. The van der Waals surface area contributed by atoms with Crippen LogP contribution in [0.2, 0.25) is 0 Å². The lowest BCUT2D eigenvalue weighted by Gasteiger charge is -2.16. The molecule has 0 aliphatic carbocycles. The van der Waals surface area contributed by atoms with E-state index in [2.05, 4.69) is 30.4 Å². The monoisotopic (exact) mass is 278 g/mol. The van der Waals surface area contributed by atoms with E-state index in [1.165, 1.54) is 9.71 Å². The van der Waals surface area contributed by atoms with Crippen LogP contribution in [0.5, 0.6) is 0 Å². The standard InChI is InChI=1S/C15H22N2OS/c1-3-16-12(7-6-10-18-2)11-15-17-13-8-4-5-9-14(13)19-15/h4-5,8-9,12,16H,3,6-7,10-11H2,1-2H3. The van der Waals surface area contributed by atoms with Crippen molar-refractivity contribution in [2.45, 2.75) is 32.2 Å². The van der Waals surface area contributed by atoms with Gasteiger partial charge in [-0.3, -0.25) is 0 Å². The van der Waals surface area contributed by atoms with Gasteiger partial charge in [-0.25, -0.2) is 4.98 Å². The molecule has 19 heavy (non-hydrogen) atoms. The van der Waals surface area contributed by atoms with Crippen molar-refractivity contribution in [2.24, 2.45) is 0 Å². The Labute approximate surface area is 119 Å². The van der Waals surface area contributed by atoms with Crippen molar-refractivity contribution in [2.75, 3.05) is 20.3 Å². The Bertz CT molecular complexity index is 465. The Morgan fingerprint density at radius 3 is 2.95 bits per heavy atom. The van der Waals surface area contributed by atoms with Crippen LogP contribution in [0.1, 0.15) is 24.8 Å². The summed E-state index contributed by atoms with van der Waals surface area (Å²) in [5.41, 5.74) is 1.12. The summed E-state index contributed by atoms with van der Waals surface area (Å²) in [6.45, 7) is 3.99. The molecule has 2 aromatic rings. The second-order valence-corrected chi connectivity index (χ2v) is 5.78. The number of benzene rings is 1. The normalized spacial score (nSPS) is 12.9. The van der Waals surface area contributed by atoms with Crippen LogP contribution < -0.4 is 5.32 Å². The van der Waals surface area contributed by atoms with Gasteiger partial charge in [-0.1, -0.05) is 19.1 Å². The fraction of sp³-hybridized carbons (Fsp3) is 0.533. The van der Waals surface area contributed by atoms with E-state index in [0.717, 1.165) is 37.9 Å². The number of methoxy groups -OCH3 is 1. The van der Waals surface area contributed by atoms with Crippen LogP contribution in [0.4, 0.5) is 0 Å². The molecule has 3 nitrogen and oxygen atoms in total. The van der Waals surface area contributed by atoms with Crippen LogP contribution in [0, 0.1) is 0 Å². The van der Waals surface area contributed by atoms with Crippen LogP contribution >= 0.6 is 11.3 Å². The number of fused-ring (bicyclic) bond motifs is 1. The highest BCUT2D eigenvalue weighted by Crippen LogP contribution is 2.23. The summed E-state index contributed by atoms with van der Waals surface area (Å²) >= 11 is 1.81. The Morgan fingerprint density at radius 2 is 2.21 bits per heavy atom. The zero-order valence-electron chi connectivity index (χ0n) is 11.7. The molecule has 1 unspecified atom stereocenters. The smallest absolute Gasteiger partial charge is 0.0954 e. The first kappa shape index (κ1) is 14.4. The molecule has 0 aliphatic heterocycles. The zero-order chi connectivity index (χ0) is 13.5. The highest BCUT2D eigenvalue weighted by atomic mass is 32.1. The number of nitrogens with zero attached hydrogens (tertiary/aromatic N) is 1. The van der Waals surface area contributed by atoms with E-state index < -0.39 is 0 Å². The topological polar surface area (TPSA) is 34.1 Å². The number of hydrogen-bond acceptors (Lipinski definition) is 4. The summed E-state index contributed by atoms with van der Waals surface area (Å²) in [5, 5.41) is 4.77. The average molecular weight is 278 g/mol. The minimum Gasteiger partial charge on any atom is -0.385 e. The molecule has 2 rings (SSSR count). The van der Waals surface area contributed by atoms with Gasteiger partial charge in [0, 0.05) is 26.2 Å². The largest absolute Gasteiger partial charge is 0.385 e. The molecule has 0 aliphatic rings. The van der Waals surface area contributed by atoms with Crippen LogP contribution in [0.15, 0.2) is 24.3 Å². The molecule has 1 N–H and O–H groups in total. The molecule has 1 aromatic heterocycles. The van der Waals surface area contributed by atoms with E-state index in [0.29, 0.717) is 6.04 Å².